The highest BCUT2D eigenvalue weighted by Crippen LogP contribution is 2.28. The van der Waals surface area contributed by atoms with E-state index in [9.17, 15) is 13.2 Å². The maximum atomic E-state index is 13.0. The Labute approximate surface area is 205 Å². The van der Waals surface area contributed by atoms with Crippen LogP contribution in [0.3, 0.4) is 0 Å². The lowest BCUT2D eigenvalue weighted by Crippen LogP contribution is -2.25. The second kappa shape index (κ2) is 11.5. The molecule has 0 fully saturated rings. The molecule has 1 atom stereocenters. The van der Waals surface area contributed by atoms with Gasteiger partial charge in [0.2, 0.25) is 5.91 Å². The minimum absolute atomic E-state index is 0.129. The van der Waals surface area contributed by atoms with Crippen LogP contribution in [-0.2, 0) is 33.4 Å². The summed E-state index contributed by atoms with van der Waals surface area (Å²) in [6.07, 6.45) is 3.05. The van der Waals surface area contributed by atoms with Crippen LogP contribution in [0.1, 0.15) is 37.2 Å². The second-order valence-corrected chi connectivity index (χ2v) is 11.0. The van der Waals surface area contributed by atoms with Gasteiger partial charge >= 0.3 is 0 Å². The molecule has 180 valence electrons. The quantitative estimate of drug-likeness (QED) is 0.301. The number of amides is 1. The Morgan fingerprint density at radius 2 is 1.85 bits per heavy atom. The number of anilines is 1. The van der Waals surface area contributed by atoms with E-state index in [0.29, 0.717) is 23.9 Å². The van der Waals surface area contributed by atoms with Crippen molar-refractivity contribution in [3.8, 4) is 0 Å². The summed E-state index contributed by atoms with van der Waals surface area (Å²) in [7, 11) is -3.60. The van der Waals surface area contributed by atoms with E-state index in [0.717, 1.165) is 23.2 Å². The first-order chi connectivity index (χ1) is 16.3. The lowest BCUT2D eigenvalue weighted by molar-refractivity contribution is -0.115. The van der Waals surface area contributed by atoms with E-state index >= 15 is 0 Å². The van der Waals surface area contributed by atoms with Gasteiger partial charge in [-0.05, 0) is 43.5 Å². The van der Waals surface area contributed by atoms with E-state index in [2.05, 4.69) is 22.1 Å². The summed E-state index contributed by atoms with van der Waals surface area (Å²) >= 11 is 1.28. The van der Waals surface area contributed by atoms with Crippen molar-refractivity contribution < 1.29 is 13.2 Å². The minimum Gasteiger partial charge on any atom is -0.325 e. The van der Waals surface area contributed by atoms with Crippen LogP contribution in [0.5, 0.6) is 0 Å². The highest BCUT2D eigenvalue weighted by atomic mass is 32.2. The fraction of sp³-hybridized carbons (Fsp3) is 0.320. The van der Waals surface area contributed by atoms with Crippen molar-refractivity contribution in [2.75, 3.05) is 5.32 Å². The Balaban J connectivity index is 1.81. The summed E-state index contributed by atoms with van der Waals surface area (Å²) in [6.45, 7) is 9.99. The summed E-state index contributed by atoms with van der Waals surface area (Å²) in [4.78, 5) is 13.3. The van der Waals surface area contributed by atoms with Crippen molar-refractivity contribution in [2.24, 2.45) is 0 Å². The van der Waals surface area contributed by atoms with Crippen LogP contribution in [0.2, 0.25) is 0 Å². The molecule has 0 aliphatic heterocycles. The third kappa shape index (κ3) is 6.15. The number of para-hydroxylation sites is 1. The van der Waals surface area contributed by atoms with E-state index in [4.69, 9.17) is 0 Å². The summed E-state index contributed by atoms with van der Waals surface area (Å²) < 4.78 is 27.6. The number of nitrogens with one attached hydrogen (secondary N) is 1. The Hall–Kier alpha value is -2.91. The number of hydrogen-bond acceptors (Lipinski definition) is 6. The molecule has 0 aliphatic rings. The minimum atomic E-state index is -3.60. The van der Waals surface area contributed by atoms with Crippen molar-refractivity contribution in [1.29, 1.82) is 0 Å². The van der Waals surface area contributed by atoms with Gasteiger partial charge in [0, 0.05) is 12.2 Å². The van der Waals surface area contributed by atoms with Crippen molar-refractivity contribution in [2.45, 2.75) is 61.2 Å². The predicted molar refractivity (Wildman–Crippen MR) is 137 cm³/mol. The molecule has 34 heavy (non-hydrogen) atoms. The number of rotatable bonds is 11. The van der Waals surface area contributed by atoms with Gasteiger partial charge in [0.25, 0.3) is 0 Å². The number of aryl methyl sites for hydroxylation is 2. The molecule has 0 saturated carbocycles. The number of sulfone groups is 1. The molecular weight excluding hydrogens is 468 g/mol. The van der Waals surface area contributed by atoms with Gasteiger partial charge in [0.1, 0.15) is 11.6 Å². The van der Waals surface area contributed by atoms with Crippen LogP contribution in [-0.4, -0.2) is 34.3 Å². The predicted octanol–water partition coefficient (Wildman–Crippen LogP) is 4.82. The first kappa shape index (κ1) is 25.7. The molecule has 1 unspecified atom stereocenters. The van der Waals surface area contributed by atoms with Gasteiger partial charge in [-0.2, -0.15) is 0 Å². The summed E-state index contributed by atoms with van der Waals surface area (Å²) in [5.41, 5.74) is 2.85. The van der Waals surface area contributed by atoms with E-state index in [1.807, 2.05) is 45.0 Å². The number of thioether (sulfide) groups is 1. The van der Waals surface area contributed by atoms with Gasteiger partial charge in [0.05, 0.1) is 10.1 Å². The van der Waals surface area contributed by atoms with Crippen LogP contribution in [0.25, 0.3) is 0 Å². The summed E-state index contributed by atoms with van der Waals surface area (Å²) in [5.74, 6) is -0.102. The summed E-state index contributed by atoms with van der Waals surface area (Å²) in [6, 6.07) is 14.5. The van der Waals surface area contributed by atoms with E-state index in [-0.39, 0.29) is 16.6 Å². The molecule has 1 aromatic heterocycles. The fourth-order valence-corrected chi connectivity index (χ4v) is 5.69. The SMILES string of the molecule is C=CCn1c(CS(=O)(=O)c2ccc(C)cc2)nnc1SC(CC)C(=O)Nc1ccccc1CC. The molecule has 1 amide bonds. The summed E-state index contributed by atoms with van der Waals surface area (Å²) in [5, 5.41) is 11.5. The van der Waals surface area contributed by atoms with Gasteiger partial charge < -0.3 is 9.88 Å². The van der Waals surface area contributed by atoms with E-state index in [1.165, 1.54) is 11.8 Å². The van der Waals surface area contributed by atoms with Crippen LogP contribution >= 0.6 is 11.8 Å². The number of allylic oxidation sites excluding steroid dienone is 1. The lowest BCUT2D eigenvalue weighted by Gasteiger charge is -2.16. The first-order valence-corrected chi connectivity index (χ1v) is 13.7. The highest BCUT2D eigenvalue weighted by Gasteiger charge is 2.25. The molecule has 0 bridgehead atoms. The number of carbonyl (C=O) groups excluding carboxylic acids is 1. The molecule has 7 nitrogen and oxygen atoms in total. The number of nitrogens with zero attached hydrogens (tertiary/aromatic N) is 3. The van der Waals surface area contributed by atoms with Crippen molar-refractivity contribution in [3.63, 3.8) is 0 Å². The molecular formula is C25H30N4O3S2. The Morgan fingerprint density at radius 1 is 1.15 bits per heavy atom. The molecule has 0 radical (unpaired) electrons. The number of carbonyl (C=O) groups is 1. The van der Waals surface area contributed by atoms with Crippen molar-refractivity contribution >= 4 is 33.2 Å². The zero-order valence-corrected chi connectivity index (χ0v) is 21.3. The topological polar surface area (TPSA) is 93.9 Å². The molecule has 0 aliphatic carbocycles. The van der Waals surface area contributed by atoms with Gasteiger partial charge in [-0.25, -0.2) is 8.42 Å². The number of benzene rings is 2. The lowest BCUT2D eigenvalue weighted by atomic mass is 10.1. The van der Waals surface area contributed by atoms with Crippen molar-refractivity contribution in [1.82, 2.24) is 14.8 Å². The monoisotopic (exact) mass is 498 g/mol. The second-order valence-electron chi connectivity index (χ2n) is 7.88. The van der Waals surface area contributed by atoms with Crippen LogP contribution in [0.4, 0.5) is 5.69 Å². The maximum absolute atomic E-state index is 13.0. The first-order valence-electron chi connectivity index (χ1n) is 11.2. The standard InChI is InChI=1S/C25H30N4O3S2/c1-5-16-29-23(17-34(31,32)20-14-12-18(4)13-15-20)27-28-25(29)33-22(7-3)24(30)26-21-11-9-8-10-19(21)6-2/h5,8-15,22H,1,6-7,16-17H2,2-4H3,(H,26,30). The van der Waals surface area contributed by atoms with Crippen LogP contribution in [0, 0.1) is 6.92 Å². The van der Waals surface area contributed by atoms with Gasteiger partial charge in [0.15, 0.2) is 15.0 Å². The molecule has 9 heteroatoms. The zero-order chi connectivity index (χ0) is 24.7. The van der Waals surface area contributed by atoms with Crippen LogP contribution < -0.4 is 5.32 Å². The average molecular weight is 499 g/mol. The molecule has 0 saturated heterocycles. The average Bonchev–Trinajstić information content (AvgIpc) is 3.18. The van der Waals surface area contributed by atoms with Gasteiger partial charge in [-0.15, -0.1) is 16.8 Å². The van der Waals surface area contributed by atoms with Gasteiger partial charge in [-0.1, -0.05) is 67.6 Å². The smallest absolute Gasteiger partial charge is 0.237 e. The van der Waals surface area contributed by atoms with Crippen molar-refractivity contribution in [3.05, 3.63) is 78.1 Å². The third-order valence-corrected chi connectivity index (χ3v) is 8.34. The normalized spacial score (nSPS) is 12.3. The van der Waals surface area contributed by atoms with E-state index in [1.54, 1.807) is 34.9 Å². The molecule has 1 N–H and O–H groups in total. The fourth-order valence-electron chi connectivity index (χ4n) is 3.44. The largest absolute Gasteiger partial charge is 0.325 e. The molecule has 2 aromatic carbocycles. The van der Waals surface area contributed by atoms with Gasteiger partial charge in [-0.3, -0.25) is 4.79 Å². The number of aromatic nitrogens is 3. The molecule has 3 rings (SSSR count). The Morgan fingerprint density at radius 3 is 2.50 bits per heavy atom. The molecule has 0 spiro atoms. The highest BCUT2D eigenvalue weighted by molar-refractivity contribution is 8.00. The maximum Gasteiger partial charge on any atom is 0.237 e. The number of hydrogen-bond donors (Lipinski definition) is 1. The zero-order valence-electron chi connectivity index (χ0n) is 19.7. The Bertz CT molecular complexity index is 1250. The molecule has 3 aromatic rings. The van der Waals surface area contributed by atoms with E-state index < -0.39 is 15.1 Å². The Kier molecular flexibility index (Phi) is 8.68. The molecule has 1 heterocycles. The third-order valence-electron chi connectivity index (χ3n) is 5.37. The van der Waals surface area contributed by atoms with Crippen LogP contribution in [0.15, 0.2) is 71.2 Å².